The van der Waals surface area contributed by atoms with Gasteiger partial charge in [-0.15, -0.1) is 0 Å². The molecule has 0 atom stereocenters. The van der Waals surface area contributed by atoms with E-state index in [2.05, 4.69) is 5.43 Å². The van der Waals surface area contributed by atoms with Gasteiger partial charge < -0.3 is 9.80 Å². The summed E-state index contributed by atoms with van der Waals surface area (Å²) in [5.74, 6) is 6.80. The Labute approximate surface area is 135 Å². The average Bonchev–Trinajstić information content (AvgIpc) is 2.59. The summed E-state index contributed by atoms with van der Waals surface area (Å²) in [5.41, 5.74) is 3.61. The maximum absolute atomic E-state index is 12.5. The summed E-state index contributed by atoms with van der Waals surface area (Å²) in [6, 6.07) is 7.23. The van der Waals surface area contributed by atoms with Crippen LogP contribution in [0.5, 0.6) is 0 Å². The zero-order valence-corrected chi connectivity index (χ0v) is 13.6. The highest BCUT2D eigenvalue weighted by atomic mass is 32.2. The molecule has 1 aromatic carbocycles. The Kier molecular flexibility index (Phi) is 6.09. The van der Waals surface area contributed by atoms with E-state index >= 15 is 0 Å². The molecular weight excluding hydrogens is 300 g/mol. The Morgan fingerprint density at radius 3 is 2.45 bits per heavy atom. The van der Waals surface area contributed by atoms with Crippen LogP contribution in [0, 0.1) is 0 Å². The zero-order valence-electron chi connectivity index (χ0n) is 12.7. The van der Waals surface area contributed by atoms with Crippen LogP contribution in [0.15, 0.2) is 24.3 Å². The first-order valence-corrected chi connectivity index (χ1v) is 8.52. The first-order valence-electron chi connectivity index (χ1n) is 7.37. The molecule has 3 amide bonds. The van der Waals surface area contributed by atoms with Crippen LogP contribution in [-0.4, -0.2) is 52.9 Å². The molecule has 7 heteroatoms. The molecule has 6 nitrogen and oxygen atoms in total. The minimum atomic E-state index is -0.319. The van der Waals surface area contributed by atoms with E-state index in [1.165, 1.54) is 0 Å². The van der Waals surface area contributed by atoms with Gasteiger partial charge in [-0.2, -0.15) is 11.8 Å². The summed E-state index contributed by atoms with van der Waals surface area (Å²) < 4.78 is 0. The van der Waals surface area contributed by atoms with E-state index in [0.29, 0.717) is 18.7 Å². The average molecular weight is 322 g/mol. The van der Waals surface area contributed by atoms with Gasteiger partial charge >= 0.3 is 6.03 Å². The van der Waals surface area contributed by atoms with E-state index in [1.54, 1.807) is 12.1 Å². The minimum Gasteiger partial charge on any atom is -0.323 e. The topological polar surface area (TPSA) is 78.7 Å². The van der Waals surface area contributed by atoms with Crippen LogP contribution in [0.25, 0.3) is 0 Å². The largest absolute Gasteiger partial charge is 0.323 e. The van der Waals surface area contributed by atoms with Crippen molar-refractivity contribution in [2.24, 2.45) is 5.84 Å². The number of hydrogen-bond donors (Lipinski definition) is 2. The molecule has 0 aliphatic carbocycles. The molecule has 0 spiro atoms. The summed E-state index contributed by atoms with van der Waals surface area (Å²) in [7, 11) is 0. The molecule has 1 aliphatic rings. The Bertz CT molecular complexity index is 515. The van der Waals surface area contributed by atoms with Gasteiger partial charge in [0, 0.05) is 43.2 Å². The van der Waals surface area contributed by atoms with Crippen LogP contribution in [-0.2, 0) is 6.54 Å². The molecule has 22 heavy (non-hydrogen) atoms. The lowest BCUT2D eigenvalue weighted by atomic mass is 10.1. The molecule has 1 saturated heterocycles. The first kappa shape index (κ1) is 16.6. The van der Waals surface area contributed by atoms with Crippen molar-refractivity contribution in [1.82, 2.24) is 15.2 Å². The van der Waals surface area contributed by atoms with Crippen molar-refractivity contribution in [2.75, 3.05) is 31.1 Å². The SMILES string of the molecule is CCN(Cc1ccc(C(=O)NN)cc1)C(=O)N1CCSCC1. The molecule has 1 fully saturated rings. The highest BCUT2D eigenvalue weighted by Gasteiger charge is 2.21. The first-order chi connectivity index (χ1) is 10.7. The van der Waals surface area contributed by atoms with E-state index in [9.17, 15) is 9.59 Å². The van der Waals surface area contributed by atoms with E-state index < -0.39 is 0 Å². The Balaban J connectivity index is 2.00. The molecule has 0 radical (unpaired) electrons. The molecule has 0 unspecified atom stereocenters. The molecule has 1 heterocycles. The van der Waals surface area contributed by atoms with Gasteiger partial charge in [0.2, 0.25) is 0 Å². The molecule has 0 aromatic heterocycles. The smallest absolute Gasteiger partial charge is 0.320 e. The van der Waals surface area contributed by atoms with Crippen LogP contribution in [0.4, 0.5) is 4.79 Å². The fraction of sp³-hybridized carbons (Fsp3) is 0.467. The Morgan fingerprint density at radius 2 is 1.91 bits per heavy atom. The van der Waals surface area contributed by atoms with Gasteiger partial charge in [0.15, 0.2) is 0 Å². The summed E-state index contributed by atoms with van der Waals surface area (Å²) in [6.07, 6.45) is 0. The minimum absolute atomic E-state index is 0.0894. The molecule has 120 valence electrons. The van der Waals surface area contributed by atoms with Gasteiger partial charge in [-0.25, -0.2) is 10.6 Å². The van der Waals surface area contributed by atoms with Crippen LogP contribution in [0.1, 0.15) is 22.8 Å². The highest BCUT2D eigenvalue weighted by molar-refractivity contribution is 7.99. The number of nitrogen functional groups attached to an aromatic ring is 1. The number of amides is 3. The highest BCUT2D eigenvalue weighted by Crippen LogP contribution is 2.14. The number of carbonyl (C=O) groups excluding carboxylic acids is 2. The van der Waals surface area contributed by atoms with Crippen molar-refractivity contribution in [2.45, 2.75) is 13.5 Å². The number of hydrogen-bond acceptors (Lipinski definition) is 4. The van der Waals surface area contributed by atoms with Crippen molar-refractivity contribution in [3.8, 4) is 0 Å². The molecule has 0 bridgehead atoms. The van der Waals surface area contributed by atoms with Crippen molar-refractivity contribution >= 4 is 23.7 Å². The number of thioether (sulfide) groups is 1. The third-order valence-electron chi connectivity index (χ3n) is 3.65. The fourth-order valence-corrected chi connectivity index (χ4v) is 3.24. The van der Waals surface area contributed by atoms with Crippen LogP contribution in [0.2, 0.25) is 0 Å². The number of hydrazine groups is 1. The lowest BCUT2D eigenvalue weighted by Crippen LogP contribution is -2.46. The van der Waals surface area contributed by atoms with Gasteiger partial charge in [-0.05, 0) is 24.6 Å². The van der Waals surface area contributed by atoms with Crippen LogP contribution >= 0.6 is 11.8 Å². The monoisotopic (exact) mass is 322 g/mol. The van der Waals surface area contributed by atoms with Gasteiger partial charge in [0.1, 0.15) is 0 Å². The summed E-state index contributed by atoms with van der Waals surface area (Å²) >= 11 is 1.89. The molecule has 1 aromatic rings. The third kappa shape index (κ3) is 4.14. The van der Waals surface area contributed by atoms with E-state index in [0.717, 1.165) is 30.2 Å². The predicted molar refractivity (Wildman–Crippen MR) is 88.5 cm³/mol. The Morgan fingerprint density at radius 1 is 1.27 bits per heavy atom. The predicted octanol–water partition coefficient (Wildman–Crippen LogP) is 1.28. The molecule has 3 N–H and O–H groups in total. The van der Waals surface area contributed by atoms with Gasteiger partial charge in [0.05, 0.1) is 0 Å². The van der Waals surface area contributed by atoms with Gasteiger partial charge in [-0.3, -0.25) is 10.2 Å². The number of benzene rings is 1. The fourth-order valence-electron chi connectivity index (χ4n) is 2.33. The van der Waals surface area contributed by atoms with Crippen LogP contribution in [0.3, 0.4) is 0 Å². The summed E-state index contributed by atoms with van der Waals surface area (Å²) in [4.78, 5) is 27.7. The Hall–Kier alpha value is -1.73. The third-order valence-corrected chi connectivity index (χ3v) is 4.60. The maximum Gasteiger partial charge on any atom is 0.320 e. The number of rotatable bonds is 4. The summed E-state index contributed by atoms with van der Waals surface area (Å²) in [6.45, 7) is 4.81. The maximum atomic E-state index is 12.5. The number of urea groups is 1. The van der Waals surface area contributed by atoms with Gasteiger partial charge in [-0.1, -0.05) is 12.1 Å². The van der Waals surface area contributed by atoms with Crippen molar-refractivity contribution in [1.29, 1.82) is 0 Å². The van der Waals surface area contributed by atoms with Gasteiger partial charge in [0.25, 0.3) is 5.91 Å². The van der Waals surface area contributed by atoms with Crippen molar-refractivity contribution in [3.05, 3.63) is 35.4 Å². The zero-order chi connectivity index (χ0) is 15.9. The van der Waals surface area contributed by atoms with E-state index in [4.69, 9.17) is 5.84 Å². The second-order valence-corrected chi connectivity index (χ2v) is 6.29. The second-order valence-electron chi connectivity index (χ2n) is 5.07. The molecular formula is C15H22N4O2S. The quantitative estimate of drug-likeness (QED) is 0.497. The normalized spacial score (nSPS) is 14.5. The van der Waals surface area contributed by atoms with E-state index in [1.807, 2.05) is 40.6 Å². The van der Waals surface area contributed by atoms with Crippen LogP contribution < -0.4 is 11.3 Å². The standard InChI is InChI=1S/C15H22N4O2S/c1-2-18(15(21)19-7-9-22-10-8-19)11-12-3-5-13(6-4-12)14(20)17-16/h3-6H,2,7-11,16H2,1H3,(H,17,20). The summed E-state index contributed by atoms with van der Waals surface area (Å²) in [5, 5.41) is 0. The molecule has 2 rings (SSSR count). The molecule has 1 aliphatic heterocycles. The molecule has 0 saturated carbocycles. The lowest BCUT2D eigenvalue weighted by Gasteiger charge is -2.32. The second kappa shape index (κ2) is 8.05. The number of carbonyl (C=O) groups is 2. The van der Waals surface area contributed by atoms with E-state index in [-0.39, 0.29) is 11.9 Å². The number of nitrogens with one attached hydrogen (secondary N) is 1. The lowest BCUT2D eigenvalue weighted by molar-refractivity contribution is 0.0953. The number of nitrogens with zero attached hydrogens (tertiary/aromatic N) is 2. The number of nitrogens with two attached hydrogens (primary N) is 1. The van der Waals surface area contributed by atoms with Crippen molar-refractivity contribution in [3.63, 3.8) is 0 Å². The van der Waals surface area contributed by atoms with Crippen molar-refractivity contribution < 1.29 is 9.59 Å².